The first-order chi connectivity index (χ1) is 13.1. The Morgan fingerprint density at radius 1 is 1.19 bits per heavy atom. The molecule has 0 aliphatic rings. The van der Waals surface area contributed by atoms with Crippen molar-refractivity contribution < 1.29 is 9.53 Å². The van der Waals surface area contributed by atoms with E-state index in [1.165, 1.54) is 0 Å². The lowest BCUT2D eigenvalue weighted by atomic mass is 10.1. The fourth-order valence-corrected chi connectivity index (χ4v) is 3.38. The quantitative estimate of drug-likeness (QED) is 0.372. The molecular weight excluding hydrogens is 387 g/mol. The molecule has 4 aromatic rings. The van der Waals surface area contributed by atoms with Crippen LogP contribution in [0.25, 0.3) is 21.8 Å². The van der Waals surface area contributed by atoms with Gasteiger partial charge in [-0.25, -0.2) is 9.78 Å². The topological polar surface area (TPSA) is 69.9 Å². The average Bonchev–Trinajstić information content (AvgIpc) is 3.02. The molecule has 0 N–H and O–H groups in total. The molecule has 1 aromatic carbocycles. The molecule has 0 fully saturated rings. The van der Waals surface area contributed by atoms with E-state index in [2.05, 4.69) is 15.1 Å². The van der Waals surface area contributed by atoms with Gasteiger partial charge in [-0.05, 0) is 36.8 Å². The van der Waals surface area contributed by atoms with Gasteiger partial charge in [0.15, 0.2) is 5.69 Å². The van der Waals surface area contributed by atoms with Gasteiger partial charge in [0, 0.05) is 17.8 Å². The van der Waals surface area contributed by atoms with Crippen LogP contribution in [0, 0.1) is 0 Å². The lowest BCUT2D eigenvalue weighted by Crippen LogP contribution is -2.08. The molecule has 0 spiro atoms. The summed E-state index contributed by atoms with van der Waals surface area (Å²) in [6.45, 7) is 2.44. The summed E-state index contributed by atoms with van der Waals surface area (Å²) in [5.41, 5.74) is 2.71. The van der Waals surface area contributed by atoms with Gasteiger partial charge in [0.25, 0.3) is 0 Å². The van der Waals surface area contributed by atoms with Crippen LogP contribution in [0.3, 0.4) is 0 Å². The monoisotopic (exact) mass is 400 g/mol. The van der Waals surface area contributed by atoms with Crippen molar-refractivity contribution in [2.24, 2.45) is 0 Å². The molecular formula is C19H14Cl2N4O2. The van der Waals surface area contributed by atoms with Crippen LogP contribution >= 0.6 is 23.2 Å². The minimum atomic E-state index is -0.523. The van der Waals surface area contributed by atoms with Gasteiger partial charge in [-0.3, -0.25) is 9.67 Å². The number of halogens is 2. The van der Waals surface area contributed by atoms with Crippen LogP contribution in [0.5, 0.6) is 0 Å². The van der Waals surface area contributed by atoms with Crippen LogP contribution in [0.1, 0.15) is 23.0 Å². The van der Waals surface area contributed by atoms with E-state index >= 15 is 0 Å². The van der Waals surface area contributed by atoms with Crippen molar-refractivity contribution in [2.75, 3.05) is 6.61 Å². The van der Waals surface area contributed by atoms with Crippen LogP contribution in [0.2, 0.25) is 10.2 Å². The highest BCUT2D eigenvalue weighted by Crippen LogP contribution is 2.27. The molecule has 0 saturated heterocycles. The van der Waals surface area contributed by atoms with Crippen molar-refractivity contribution >= 4 is 51.0 Å². The summed E-state index contributed by atoms with van der Waals surface area (Å²) < 4.78 is 6.82. The summed E-state index contributed by atoms with van der Waals surface area (Å²) in [5.74, 6) is -0.523. The van der Waals surface area contributed by atoms with E-state index in [4.69, 9.17) is 27.9 Å². The Labute approximate surface area is 164 Å². The van der Waals surface area contributed by atoms with Gasteiger partial charge in [0.05, 0.1) is 34.6 Å². The molecule has 136 valence electrons. The number of fused-ring (bicyclic) bond motifs is 2. The van der Waals surface area contributed by atoms with Crippen molar-refractivity contribution in [3.8, 4) is 0 Å². The highest BCUT2D eigenvalue weighted by molar-refractivity contribution is 6.35. The van der Waals surface area contributed by atoms with E-state index in [1.54, 1.807) is 30.1 Å². The van der Waals surface area contributed by atoms with Crippen molar-refractivity contribution in [3.63, 3.8) is 0 Å². The molecule has 0 aliphatic carbocycles. The number of esters is 1. The van der Waals surface area contributed by atoms with Gasteiger partial charge in [-0.1, -0.05) is 29.3 Å². The number of benzene rings is 1. The number of carbonyl (C=O) groups is 1. The zero-order valence-electron chi connectivity index (χ0n) is 14.3. The second kappa shape index (κ2) is 7.13. The lowest BCUT2D eigenvalue weighted by molar-refractivity contribution is 0.0520. The second-order valence-electron chi connectivity index (χ2n) is 5.90. The Morgan fingerprint density at radius 2 is 2.04 bits per heavy atom. The lowest BCUT2D eigenvalue weighted by Gasteiger charge is -2.06. The number of pyridine rings is 2. The summed E-state index contributed by atoms with van der Waals surface area (Å²) in [4.78, 5) is 20.6. The zero-order valence-corrected chi connectivity index (χ0v) is 15.8. The Bertz CT molecular complexity index is 1170. The number of aromatic nitrogens is 4. The van der Waals surface area contributed by atoms with Crippen molar-refractivity contribution in [1.82, 2.24) is 19.7 Å². The third kappa shape index (κ3) is 3.34. The smallest absolute Gasteiger partial charge is 0.359 e. The third-order valence-electron chi connectivity index (χ3n) is 4.13. The van der Waals surface area contributed by atoms with Crippen molar-refractivity contribution in [1.29, 1.82) is 0 Å². The zero-order chi connectivity index (χ0) is 19.0. The molecule has 3 heterocycles. The third-order valence-corrected chi connectivity index (χ3v) is 4.63. The molecule has 0 saturated carbocycles. The fraction of sp³-hybridized carbons (Fsp3) is 0.158. The normalized spacial score (nSPS) is 11.2. The van der Waals surface area contributed by atoms with Gasteiger partial charge in [0.2, 0.25) is 0 Å². The number of rotatable bonds is 4. The summed E-state index contributed by atoms with van der Waals surface area (Å²) in [7, 11) is 0. The number of hydrogen-bond acceptors (Lipinski definition) is 5. The molecule has 0 aliphatic heterocycles. The number of carbonyl (C=O) groups excluding carboxylic acids is 1. The largest absolute Gasteiger partial charge is 0.461 e. The highest BCUT2D eigenvalue weighted by Gasteiger charge is 2.21. The summed E-state index contributed by atoms with van der Waals surface area (Å²) in [6.07, 6.45) is 3.20. The first-order valence-electron chi connectivity index (χ1n) is 8.29. The summed E-state index contributed by atoms with van der Waals surface area (Å²) in [6, 6.07) is 9.52. The highest BCUT2D eigenvalue weighted by atomic mass is 35.5. The molecule has 0 unspecified atom stereocenters. The fourth-order valence-electron chi connectivity index (χ4n) is 2.97. The van der Waals surface area contributed by atoms with Crippen molar-refractivity contribution in [2.45, 2.75) is 13.5 Å². The van der Waals surface area contributed by atoms with Crippen molar-refractivity contribution in [3.05, 3.63) is 64.2 Å². The van der Waals surface area contributed by atoms with Gasteiger partial charge in [-0.2, -0.15) is 5.10 Å². The van der Waals surface area contributed by atoms with Crippen LogP contribution in [-0.2, 0) is 11.3 Å². The number of nitrogens with zero attached hydrogens (tertiary/aromatic N) is 4. The van der Waals surface area contributed by atoms with Crippen LogP contribution in [0.4, 0.5) is 0 Å². The van der Waals surface area contributed by atoms with E-state index < -0.39 is 5.97 Å². The predicted octanol–water partition coefficient (Wildman–Crippen LogP) is 4.51. The first-order valence-corrected chi connectivity index (χ1v) is 9.04. The summed E-state index contributed by atoms with van der Waals surface area (Å²) >= 11 is 12.3. The molecule has 0 radical (unpaired) electrons. The Kier molecular flexibility index (Phi) is 4.68. The SMILES string of the molecule is CCOC(=O)c1nn(Cc2ccc3ncc(Cl)cc3c2)c2ccnc(Cl)c12. The van der Waals surface area contributed by atoms with E-state index in [0.29, 0.717) is 22.5 Å². The number of ether oxygens (including phenoxy) is 1. The van der Waals surface area contributed by atoms with Crippen LogP contribution < -0.4 is 0 Å². The average molecular weight is 401 g/mol. The van der Waals surface area contributed by atoms with Gasteiger partial charge >= 0.3 is 5.97 Å². The van der Waals surface area contributed by atoms with Crippen LogP contribution in [0.15, 0.2) is 42.7 Å². The van der Waals surface area contributed by atoms with E-state index in [0.717, 1.165) is 16.5 Å². The van der Waals surface area contributed by atoms with Gasteiger partial charge < -0.3 is 4.74 Å². The Balaban J connectivity index is 1.80. The van der Waals surface area contributed by atoms with E-state index in [1.807, 2.05) is 24.3 Å². The minimum Gasteiger partial charge on any atom is -0.461 e. The van der Waals surface area contributed by atoms with Gasteiger partial charge in [-0.15, -0.1) is 0 Å². The van der Waals surface area contributed by atoms with E-state index in [-0.39, 0.29) is 17.5 Å². The van der Waals surface area contributed by atoms with Gasteiger partial charge in [0.1, 0.15) is 5.15 Å². The van der Waals surface area contributed by atoms with E-state index in [9.17, 15) is 4.79 Å². The maximum absolute atomic E-state index is 12.3. The maximum Gasteiger partial charge on any atom is 0.359 e. The minimum absolute atomic E-state index is 0.162. The molecule has 27 heavy (non-hydrogen) atoms. The number of hydrogen-bond donors (Lipinski definition) is 0. The Morgan fingerprint density at radius 3 is 2.85 bits per heavy atom. The first kappa shape index (κ1) is 17.7. The molecule has 4 rings (SSSR count). The molecule has 3 aromatic heterocycles. The molecule has 0 bridgehead atoms. The maximum atomic E-state index is 12.3. The standard InChI is InChI=1S/C19H14Cl2N4O2/c1-2-27-19(26)17-16-15(5-6-22-18(16)21)25(24-17)10-11-3-4-14-12(7-11)8-13(20)9-23-14/h3-9H,2,10H2,1H3. The molecule has 6 nitrogen and oxygen atoms in total. The molecule has 0 atom stereocenters. The van der Waals surface area contributed by atoms with Crippen LogP contribution in [-0.4, -0.2) is 32.3 Å². The Hall–Kier alpha value is -2.70. The molecule has 8 heteroatoms. The predicted molar refractivity (Wildman–Crippen MR) is 104 cm³/mol. The molecule has 0 amide bonds. The second-order valence-corrected chi connectivity index (χ2v) is 6.70. The summed E-state index contributed by atoms with van der Waals surface area (Å²) in [5, 5.41) is 6.65.